The predicted octanol–water partition coefficient (Wildman–Crippen LogP) is 4.57. The number of hydrogen-bond acceptors (Lipinski definition) is 2. The van der Waals surface area contributed by atoms with Crippen molar-refractivity contribution in [2.24, 2.45) is 0 Å². The first-order valence-corrected chi connectivity index (χ1v) is 7.85. The SMILES string of the molecule is CC1=C(C)C(C)NC2=C1CC1C(=C(O)c3cc(F)ccc31)C2. The highest BCUT2D eigenvalue weighted by Crippen LogP contribution is 2.51. The summed E-state index contributed by atoms with van der Waals surface area (Å²) in [6.45, 7) is 6.54. The second kappa shape index (κ2) is 4.48. The van der Waals surface area contributed by atoms with Crippen LogP contribution < -0.4 is 5.32 Å². The van der Waals surface area contributed by atoms with Gasteiger partial charge in [-0.15, -0.1) is 0 Å². The molecule has 0 fully saturated rings. The molecule has 1 aliphatic heterocycles. The lowest BCUT2D eigenvalue weighted by Crippen LogP contribution is -2.34. The third-order valence-electron chi connectivity index (χ3n) is 5.59. The predicted molar refractivity (Wildman–Crippen MR) is 85.9 cm³/mol. The number of aliphatic hydroxyl groups excluding tert-OH is 1. The van der Waals surface area contributed by atoms with Crippen LogP contribution in [-0.2, 0) is 0 Å². The molecule has 2 unspecified atom stereocenters. The van der Waals surface area contributed by atoms with Crippen LogP contribution in [0.2, 0.25) is 0 Å². The fourth-order valence-corrected chi connectivity index (χ4v) is 4.08. The Hall–Kier alpha value is -2.03. The normalized spacial score (nSPS) is 26.7. The molecule has 3 heteroatoms. The zero-order chi connectivity index (χ0) is 15.6. The van der Waals surface area contributed by atoms with E-state index < -0.39 is 0 Å². The molecule has 22 heavy (non-hydrogen) atoms. The number of fused-ring (bicyclic) bond motifs is 3. The van der Waals surface area contributed by atoms with Gasteiger partial charge in [-0.25, -0.2) is 4.39 Å². The topological polar surface area (TPSA) is 32.3 Å². The van der Waals surface area contributed by atoms with Gasteiger partial charge in [-0.3, -0.25) is 0 Å². The van der Waals surface area contributed by atoms with Crippen molar-refractivity contribution in [2.45, 2.75) is 45.6 Å². The highest BCUT2D eigenvalue weighted by atomic mass is 19.1. The maximum atomic E-state index is 13.5. The van der Waals surface area contributed by atoms with Crippen molar-refractivity contribution in [1.29, 1.82) is 0 Å². The van der Waals surface area contributed by atoms with Crippen LogP contribution in [-0.4, -0.2) is 11.1 Å². The molecule has 0 radical (unpaired) electrons. The lowest BCUT2D eigenvalue weighted by molar-refractivity contribution is 0.500. The molecule has 2 nitrogen and oxygen atoms in total. The summed E-state index contributed by atoms with van der Waals surface area (Å²) < 4.78 is 13.5. The number of halogens is 1. The molecule has 0 amide bonds. The second-order valence-corrected chi connectivity index (χ2v) is 6.67. The molecule has 114 valence electrons. The van der Waals surface area contributed by atoms with Crippen LogP contribution in [0, 0.1) is 5.82 Å². The van der Waals surface area contributed by atoms with E-state index >= 15 is 0 Å². The quantitative estimate of drug-likeness (QED) is 0.735. The van der Waals surface area contributed by atoms with E-state index in [1.165, 1.54) is 34.5 Å². The lowest BCUT2D eigenvalue weighted by Gasteiger charge is -2.35. The Morgan fingerprint density at radius 3 is 2.82 bits per heavy atom. The van der Waals surface area contributed by atoms with Crippen LogP contribution in [0.5, 0.6) is 0 Å². The van der Waals surface area contributed by atoms with Gasteiger partial charge in [0.15, 0.2) is 0 Å². The highest BCUT2D eigenvalue weighted by molar-refractivity contribution is 5.75. The Balaban J connectivity index is 1.83. The van der Waals surface area contributed by atoms with Gasteiger partial charge in [0.25, 0.3) is 0 Å². The van der Waals surface area contributed by atoms with E-state index in [2.05, 4.69) is 26.1 Å². The molecule has 3 aliphatic rings. The number of aliphatic hydroxyl groups is 1. The van der Waals surface area contributed by atoms with Crippen molar-refractivity contribution in [2.75, 3.05) is 0 Å². The fraction of sp³-hybridized carbons (Fsp3) is 0.368. The van der Waals surface area contributed by atoms with Crippen LogP contribution in [0.4, 0.5) is 4.39 Å². The van der Waals surface area contributed by atoms with Crippen molar-refractivity contribution in [3.8, 4) is 0 Å². The molecule has 1 heterocycles. The molecule has 1 aromatic rings. The number of rotatable bonds is 0. The van der Waals surface area contributed by atoms with Crippen molar-refractivity contribution in [3.63, 3.8) is 0 Å². The van der Waals surface area contributed by atoms with Gasteiger partial charge in [0.05, 0.1) is 0 Å². The maximum Gasteiger partial charge on any atom is 0.123 e. The van der Waals surface area contributed by atoms with Gasteiger partial charge in [-0.2, -0.15) is 0 Å². The summed E-state index contributed by atoms with van der Waals surface area (Å²) in [5.41, 5.74) is 8.11. The van der Waals surface area contributed by atoms with Gasteiger partial charge in [0.1, 0.15) is 11.6 Å². The molecule has 2 aliphatic carbocycles. The third kappa shape index (κ3) is 1.71. The molecule has 0 bridgehead atoms. The van der Waals surface area contributed by atoms with E-state index in [4.69, 9.17) is 0 Å². The third-order valence-corrected chi connectivity index (χ3v) is 5.59. The first kappa shape index (κ1) is 13.6. The number of nitrogens with one attached hydrogen (secondary N) is 1. The summed E-state index contributed by atoms with van der Waals surface area (Å²) >= 11 is 0. The first-order valence-electron chi connectivity index (χ1n) is 7.85. The second-order valence-electron chi connectivity index (χ2n) is 6.67. The summed E-state index contributed by atoms with van der Waals surface area (Å²) in [6.07, 6.45) is 1.62. The van der Waals surface area contributed by atoms with Gasteiger partial charge in [0.2, 0.25) is 0 Å². The Morgan fingerprint density at radius 1 is 1.27 bits per heavy atom. The molecule has 2 N–H and O–H groups in total. The fourth-order valence-electron chi connectivity index (χ4n) is 4.08. The van der Waals surface area contributed by atoms with Crippen LogP contribution in [0.15, 0.2) is 46.2 Å². The molecule has 2 atom stereocenters. The van der Waals surface area contributed by atoms with Gasteiger partial charge in [-0.1, -0.05) is 6.07 Å². The minimum Gasteiger partial charge on any atom is -0.507 e. The van der Waals surface area contributed by atoms with Gasteiger partial charge < -0.3 is 10.4 Å². The van der Waals surface area contributed by atoms with Gasteiger partial charge >= 0.3 is 0 Å². The molecule has 0 aromatic heterocycles. The molecule has 0 spiro atoms. The summed E-state index contributed by atoms with van der Waals surface area (Å²) in [4.78, 5) is 0. The summed E-state index contributed by atoms with van der Waals surface area (Å²) in [5.74, 6) is 0.178. The van der Waals surface area contributed by atoms with Crippen LogP contribution in [0.1, 0.15) is 50.7 Å². The Morgan fingerprint density at radius 2 is 2.05 bits per heavy atom. The van der Waals surface area contributed by atoms with E-state index in [1.807, 2.05) is 6.07 Å². The van der Waals surface area contributed by atoms with E-state index in [-0.39, 0.29) is 17.5 Å². The lowest BCUT2D eigenvalue weighted by atomic mass is 9.76. The van der Waals surface area contributed by atoms with Crippen LogP contribution in [0.25, 0.3) is 5.76 Å². The summed E-state index contributed by atoms with van der Waals surface area (Å²) in [6, 6.07) is 5.11. The average molecular weight is 297 g/mol. The maximum absolute atomic E-state index is 13.5. The largest absolute Gasteiger partial charge is 0.507 e. The Bertz CT molecular complexity index is 785. The van der Waals surface area contributed by atoms with Gasteiger partial charge in [-0.05, 0) is 67.2 Å². The van der Waals surface area contributed by atoms with E-state index in [0.717, 1.165) is 24.0 Å². The standard InChI is InChI=1S/C19H20FNO/c1-9-10(2)14-7-15-13-5-4-12(20)6-16(13)19(22)17(15)8-18(14)21-11(9)3/h4-6,11,15,21-22H,7-8H2,1-3H3. The number of hydrogen-bond donors (Lipinski definition) is 2. The Labute approximate surface area is 130 Å². The molecule has 4 rings (SSSR count). The molecule has 0 saturated carbocycles. The van der Waals surface area contributed by atoms with Crippen molar-refractivity contribution < 1.29 is 9.50 Å². The molecular weight excluding hydrogens is 277 g/mol. The first-order chi connectivity index (χ1) is 10.5. The number of allylic oxidation sites excluding steroid dienone is 3. The van der Waals surface area contributed by atoms with Gasteiger partial charge in [0, 0.05) is 29.6 Å². The average Bonchev–Trinajstić information content (AvgIpc) is 2.76. The van der Waals surface area contributed by atoms with Crippen molar-refractivity contribution >= 4 is 5.76 Å². The van der Waals surface area contributed by atoms with E-state index in [9.17, 15) is 9.50 Å². The van der Waals surface area contributed by atoms with E-state index in [0.29, 0.717) is 11.6 Å². The van der Waals surface area contributed by atoms with Crippen LogP contribution >= 0.6 is 0 Å². The Kier molecular flexibility index (Phi) is 2.77. The zero-order valence-corrected chi connectivity index (χ0v) is 13.1. The minimum absolute atomic E-state index is 0.187. The van der Waals surface area contributed by atoms with Crippen molar-refractivity contribution in [3.05, 3.63) is 63.1 Å². The number of dihydropyridines is 1. The molecular formula is C19H20FNO. The summed E-state index contributed by atoms with van der Waals surface area (Å²) in [5, 5.41) is 14.1. The monoisotopic (exact) mass is 297 g/mol. The number of benzene rings is 1. The van der Waals surface area contributed by atoms with E-state index in [1.54, 1.807) is 0 Å². The zero-order valence-electron chi connectivity index (χ0n) is 13.1. The van der Waals surface area contributed by atoms with Crippen molar-refractivity contribution in [1.82, 2.24) is 5.32 Å². The smallest absolute Gasteiger partial charge is 0.123 e. The summed E-state index contributed by atoms with van der Waals surface area (Å²) in [7, 11) is 0. The van der Waals surface area contributed by atoms with Crippen LogP contribution in [0.3, 0.4) is 0 Å². The minimum atomic E-state index is -0.291. The molecule has 0 saturated heterocycles. The highest BCUT2D eigenvalue weighted by Gasteiger charge is 2.38. The molecule has 1 aromatic carbocycles.